The number of nitro benzene ring substituents is 2. The van der Waals surface area contributed by atoms with Gasteiger partial charge in [-0.15, -0.1) is 0 Å². The van der Waals surface area contributed by atoms with E-state index in [2.05, 4.69) is 10.1 Å². The summed E-state index contributed by atoms with van der Waals surface area (Å²) in [7, 11) is 0. The van der Waals surface area contributed by atoms with Crippen LogP contribution in [0.25, 0.3) is 11.4 Å². The van der Waals surface area contributed by atoms with Gasteiger partial charge in [0, 0.05) is 23.8 Å². The molecule has 2 aromatic carbocycles. The highest BCUT2D eigenvalue weighted by atomic mass is 16.6. The van der Waals surface area contributed by atoms with Crippen LogP contribution in [0.5, 0.6) is 0 Å². The summed E-state index contributed by atoms with van der Waals surface area (Å²) in [4.78, 5) is 25.0. The number of para-hydroxylation sites is 1. The zero-order valence-electron chi connectivity index (χ0n) is 12.3. The Morgan fingerprint density at radius 2 is 1.79 bits per heavy atom. The number of hydrogen-bond donors (Lipinski definition) is 0. The van der Waals surface area contributed by atoms with Crippen LogP contribution in [0.3, 0.4) is 0 Å². The quantitative estimate of drug-likeness (QED) is 0.526. The maximum Gasteiger partial charge on any atom is 0.274 e. The monoisotopic (exact) mass is 325 g/mol. The summed E-state index contributed by atoms with van der Waals surface area (Å²) in [6.07, 6.45) is 1.44. The Morgan fingerprint density at radius 1 is 1.00 bits per heavy atom. The van der Waals surface area contributed by atoms with Crippen LogP contribution in [-0.2, 0) is 6.54 Å². The lowest BCUT2D eigenvalue weighted by molar-refractivity contribution is -0.385. The van der Waals surface area contributed by atoms with Crippen LogP contribution in [-0.4, -0.2) is 24.6 Å². The summed E-state index contributed by atoms with van der Waals surface area (Å²) in [6, 6.07) is 12.4. The van der Waals surface area contributed by atoms with Crippen molar-refractivity contribution >= 4 is 11.4 Å². The van der Waals surface area contributed by atoms with Gasteiger partial charge in [0.2, 0.25) is 0 Å². The first-order chi connectivity index (χ1) is 11.5. The number of rotatable bonds is 5. The lowest BCUT2D eigenvalue weighted by Crippen LogP contribution is -2.03. The molecule has 3 rings (SSSR count). The zero-order valence-corrected chi connectivity index (χ0v) is 12.3. The third-order valence-electron chi connectivity index (χ3n) is 3.37. The first-order valence-electron chi connectivity index (χ1n) is 6.91. The molecule has 3 aromatic rings. The lowest BCUT2D eigenvalue weighted by atomic mass is 10.2. The molecule has 0 bridgehead atoms. The van der Waals surface area contributed by atoms with E-state index >= 15 is 0 Å². The molecule has 0 fully saturated rings. The molecule has 0 N–H and O–H groups in total. The van der Waals surface area contributed by atoms with E-state index < -0.39 is 9.85 Å². The zero-order chi connectivity index (χ0) is 17.1. The van der Waals surface area contributed by atoms with E-state index in [1.165, 1.54) is 29.2 Å². The SMILES string of the molecule is O=[N+]([O-])c1cccc(-c2ncn(Cc3ccccc3[N+](=O)[O-])n2)c1. The number of aromatic nitrogens is 3. The summed E-state index contributed by atoms with van der Waals surface area (Å²) < 4.78 is 1.45. The Kier molecular flexibility index (Phi) is 3.98. The highest BCUT2D eigenvalue weighted by Gasteiger charge is 2.14. The van der Waals surface area contributed by atoms with Gasteiger partial charge in [-0.25, -0.2) is 9.67 Å². The van der Waals surface area contributed by atoms with Gasteiger partial charge in [0.05, 0.1) is 22.0 Å². The average Bonchev–Trinajstić information content (AvgIpc) is 3.04. The van der Waals surface area contributed by atoms with Crippen LogP contribution in [0.2, 0.25) is 0 Å². The third-order valence-corrected chi connectivity index (χ3v) is 3.37. The number of nitro groups is 2. The van der Waals surface area contributed by atoms with Gasteiger partial charge in [-0.2, -0.15) is 5.10 Å². The minimum Gasteiger partial charge on any atom is -0.258 e. The second-order valence-corrected chi connectivity index (χ2v) is 4.96. The molecular weight excluding hydrogens is 314 g/mol. The Morgan fingerprint density at radius 3 is 2.54 bits per heavy atom. The predicted octanol–water partition coefficient (Wildman–Crippen LogP) is 2.81. The molecule has 0 aliphatic rings. The van der Waals surface area contributed by atoms with Crippen molar-refractivity contribution in [3.63, 3.8) is 0 Å². The predicted molar refractivity (Wildman–Crippen MR) is 84.3 cm³/mol. The smallest absolute Gasteiger partial charge is 0.258 e. The first kappa shape index (κ1) is 15.3. The molecule has 0 radical (unpaired) electrons. The first-order valence-corrected chi connectivity index (χ1v) is 6.91. The maximum absolute atomic E-state index is 11.0. The molecule has 0 spiro atoms. The Labute approximate surface area is 135 Å². The average molecular weight is 325 g/mol. The fourth-order valence-electron chi connectivity index (χ4n) is 2.26. The molecule has 9 nitrogen and oxygen atoms in total. The van der Waals surface area contributed by atoms with Crippen LogP contribution in [0, 0.1) is 20.2 Å². The minimum atomic E-state index is -0.492. The van der Waals surface area contributed by atoms with Gasteiger partial charge in [0.15, 0.2) is 5.82 Å². The van der Waals surface area contributed by atoms with E-state index in [1.807, 2.05) is 0 Å². The highest BCUT2D eigenvalue weighted by Crippen LogP contribution is 2.22. The summed E-state index contributed by atoms with van der Waals surface area (Å²) in [6.45, 7) is 0.180. The van der Waals surface area contributed by atoms with Crippen LogP contribution in [0.15, 0.2) is 54.9 Å². The molecule has 9 heteroatoms. The maximum atomic E-state index is 11.0. The van der Waals surface area contributed by atoms with Crippen LogP contribution in [0.1, 0.15) is 5.56 Å². The van der Waals surface area contributed by atoms with Crippen molar-refractivity contribution < 1.29 is 9.85 Å². The lowest BCUT2D eigenvalue weighted by Gasteiger charge is -2.02. The van der Waals surface area contributed by atoms with Gasteiger partial charge in [0.25, 0.3) is 11.4 Å². The van der Waals surface area contributed by atoms with E-state index in [4.69, 9.17) is 0 Å². The molecule has 0 atom stereocenters. The molecule has 24 heavy (non-hydrogen) atoms. The van der Waals surface area contributed by atoms with Gasteiger partial charge < -0.3 is 0 Å². The number of nitrogens with zero attached hydrogens (tertiary/aromatic N) is 5. The summed E-state index contributed by atoms with van der Waals surface area (Å²) in [5.41, 5.74) is 0.955. The van der Waals surface area contributed by atoms with Gasteiger partial charge in [-0.3, -0.25) is 20.2 Å². The molecule has 0 aliphatic carbocycles. The van der Waals surface area contributed by atoms with Gasteiger partial charge >= 0.3 is 0 Å². The van der Waals surface area contributed by atoms with E-state index in [1.54, 1.807) is 30.3 Å². The summed E-state index contributed by atoms with van der Waals surface area (Å²) in [5.74, 6) is 0.317. The van der Waals surface area contributed by atoms with Crippen molar-refractivity contribution in [3.8, 4) is 11.4 Å². The molecule has 0 saturated carbocycles. The molecule has 0 saturated heterocycles. The molecule has 120 valence electrons. The van der Waals surface area contributed by atoms with Crippen LogP contribution < -0.4 is 0 Å². The molecule has 0 aliphatic heterocycles. The fraction of sp³-hybridized carbons (Fsp3) is 0.0667. The van der Waals surface area contributed by atoms with Crippen molar-refractivity contribution in [1.82, 2.24) is 14.8 Å². The molecule has 1 heterocycles. The largest absolute Gasteiger partial charge is 0.274 e. The summed E-state index contributed by atoms with van der Waals surface area (Å²) >= 11 is 0. The molecular formula is C15H11N5O4. The standard InChI is InChI=1S/C15H11N5O4/c21-19(22)13-6-3-5-11(8-13)15-16-10-18(17-15)9-12-4-1-2-7-14(12)20(23)24/h1-8,10H,9H2. The number of non-ortho nitro benzene ring substituents is 1. The van der Waals surface area contributed by atoms with E-state index in [9.17, 15) is 20.2 Å². The number of benzene rings is 2. The number of hydrogen-bond acceptors (Lipinski definition) is 6. The highest BCUT2D eigenvalue weighted by molar-refractivity contribution is 5.58. The van der Waals surface area contributed by atoms with Crippen molar-refractivity contribution in [2.45, 2.75) is 6.54 Å². The minimum absolute atomic E-state index is 0.00454. The van der Waals surface area contributed by atoms with Crippen molar-refractivity contribution in [3.05, 3.63) is 80.7 Å². The van der Waals surface area contributed by atoms with Gasteiger partial charge in [-0.05, 0) is 0 Å². The fourth-order valence-corrected chi connectivity index (χ4v) is 2.26. The molecule has 0 amide bonds. The van der Waals surface area contributed by atoms with E-state index in [0.717, 1.165) is 0 Å². The summed E-state index contributed by atoms with van der Waals surface area (Å²) in [5, 5.41) is 26.1. The Bertz CT molecular complexity index is 921. The second kappa shape index (κ2) is 6.24. The topological polar surface area (TPSA) is 117 Å². The van der Waals surface area contributed by atoms with Crippen molar-refractivity contribution in [1.29, 1.82) is 0 Å². The van der Waals surface area contributed by atoms with Crippen LogP contribution >= 0.6 is 0 Å². The van der Waals surface area contributed by atoms with Gasteiger partial charge in [-0.1, -0.05) is 30.3 Å². The normalized spacial score (nSPS) is 10.5. The third kappa shape index (κ3) is 3.09. The molecule has 0 unspecified atom stereocenters. The van der Waals surface area contributed by atoms with Crippen molar-refractivity contribution in [2.24, 2.45) is 0 Å². The van der Waals surface area contributed by atoms with Crippen LogP contribution in [0.4, 0.5) is 11.4 Å². The molecule has 1 aromatic heterocycles. The second-order valence-electron chi connectivity index (χ2n) is 4.96. The van der Waals surface area contributed by atoms with Crippen molar-refractivity contribution in [2.75, 3.05) is 0 Å². The van der Waals surface area contributed by atoms with E-state index in [-0.39, 0.29) is 17.9 Å². The van der Waals surface area contributed by atoms with Gasteiger partial charge in [0.1, 0.15) is 6.33 Å². The van der Waals surface area contributed by atoms with E-state index in [0.29, 0.717) is 17.0 Å². The Hall–Kier alpha value is -3.62. The Balaban J connectivity index is 1.88.